The van der Waals surface area contributed by atoms with Crippen molar-refractivity contribution < 1.29 is 4.74 Å². The number of piperidine rings is 1. The van der Waals surface area contributed by atoms with Crippen LogP contribution in [-0.2, 0) is 6.54 Å². The number of aromatic nitrogens is 4. The number of hydrogen-bond donors (Lipinski definition) is 2. The van der Waals surface area contributed by atoms with E-state index < -0.39 is 0 Å². The van der Waals surface area contributed by atoms with E-state index in [1.807, 2.05) is 59.5 Å². The summed E-state index contributed by atoms with van der Waals surface area (Å²) >= 11 is 0. The lowest BCUT2D eigenvalue weighted by atomic mass is 10.1. The van der Waals surface area contributed by atoms with Crippen molar-refractivity contribution in [2.24, 2.45) is 0 Å². The molecule has 0 spiro atoms. The van der Waals surface area contributed by atoms with Gasteiger partial charge >= 0.3 is 0 Å². The van der Waals surface area contributed by atoms with Crippen LogP contribution in [0.1, 0.15) is 18.4 Å². The number of benzene rings is 2. The first-order valence-electron chi connectivity index (χ1n) is 11.9. The number of rotatable bonds is 7. The number of anilines is 2. The first kappa shape index (κ1) is 22.9. The summed E-state index contributed by atoms with van der Waals surface area (Å²) in [5.74, 6) is 1.49. The van der Waals surface area contributed by atoms with Gasteiger partial charge in [0.2, 0.25) is 5.95 Å². The molecule has 1 aliphatic heterocycles. The predicted octanol–water partition coefficient (Wildman–Crippen LogP) is 4.15. The Morgan fingerprint density at radius 1 is 1.09 bits per heavy atom. The van der Waals surface area contributed by atoms with E-state index in [1.165, 1.54) is 0 Å². The van der Waals surface area contributed by atoms with Gasteiger partial charge in [-0.1, -0.05) is 24.3 Å². The second kappa shape index (κ2) is 10.1. The zero-order valence-corrected chi connectivity index (χ0v) is 20.2. The number of nitrogens with two attached hydrogens (primary N) is 1. The third-order valence-electron chi connectivity index (χ3n) is 6.41. The molecule has 1 fully saturated rings. The van der Waals surface area contributed by atoms with Gasteiger partial charge in [0.15, 0.2) is 0 Å². The van der Waals surface area contributed by atoms with Crippen LogP contribution in [0.5, 0.6) is 5.75 Å². The number of ether oxygens (including phenoxy) is 1. The number of methoxy groups -OCH3 is 1. The topological polar surface area (TPSA) is 94.1 Å². The van der Waals surface area contributed by atoms with Crippen molar-refractivity contribution in [1.82, 2.24) is 24.6 Å². The Kier molecular flexibility index (Phi) is 6.63. The maximum atomic E-state index is 6.09. The lowest BCUT2D eigenvalue weighted by Gasteiger charge is -2.29. The number of nitrogen functional groups attached to an aromatic ring is 1. The van der Waals surface area contributed by atoms with Crippen LogP contribution in [0.15, 0.2) is 67.0 Å². The van der Waals surface area contributed by atoms with Gasteiger partial charge < -0.3 is 20.7 Å². The van der Waals surface area contributed by atoms with E-state index in [9.17, 15) is 0 Å². The molecule has 4 aromatic rings. The summed E-state index contributed by atoms with van der Waals surface area (Å²) in [7, 11) is 3.83. The number of nitrogens with one attached hydrogen (secondary N) is 1. The minimum Gasteiger partial charge on any atom is -0.497 e. The summed E-state index contributed by atoms with van der Waals surface area (Å²) in [6.45, 7) is 2.79. The summed E-state index contributed by atoms with van der Waals surface area (Å²) in [5.41, 5.74) is 11.5. The van der Waals surface area contributed by atoms with Crippen LogP contribution in [0.3, 0.4) is 0 Å². The maximum absolute atomic E-state index is 6.09. The van der Waals surface area contributed by atoms with Crippen LogP contribution in [0, 0.1) is 0 Å². The molecule has 35 heavy (non-hydrogen) atoms. The van der Waals surface area contributed by atoms with E-state index in [0.717, 1.165) is 59.8 Å². The molecule has 0 unspecified atom stereocenters. The van der Waals surface area contributed by atoms with Crippen molar-refractivity contribution in [3.05, 3.63) is 72.6 Å². The molecule has 0 aliphatic carbocycles. The first-order valence-corrected chi connectivity index (χ1v) is 11.9. The normalized spacial score (nSPS) is 14.7. The van der Waals surface area contributed by atoms with Gasteiger partial charge in [0.25, 0.3) is 0 Å². The Morgan fingerprint density at radius 3 is 2.63 bits per heavy atom. The van der Waals surface area contributed by atoms with E-state index in [1.54, 1.807) is 7.11 Å². The van der Waals surface area contributed by atoms with Gasteiger partial charge in [0, 0.05) is 35.2 Å². The van der Waals surface area contributed by atoms with Crippen LogP contribution in [0.25, 0.3) is 22.5 Å². The fourth-order valence-corrected chi connectivity index (χ4v) is 4.42. The standard InChI is InChI=1S/C27H31N7O/c1-33-14-11-22(12-15-33)30-27-29-13-10-25(31-27)24-18-34(17-19-6-8-23(35-2)9-7-19)32-26(24)20-4-3-5-21(28)16-20/h3-10,13,16,18,22H,11-12,14-15,17,28H2,1-2H3,(H,29,30,31). The summed E-state index contributed by atoms with van der Waals surface area (Å²) in [6, 6.07) is 18.1. The highest BCUT2D eigenvalue weighted by Gasteiger charge is 2.19. The average molecular weight is 470 g/mol. The van der Waals surface area contributed by atoms with Crippen molar-refractivity contribution in [2.45, 2.75) is 25.4 Å². The predicted molar refractivity (Wildman–Crippen MR) is 139 cm³/mol. The van der Waals surface area contributed by atoms with Crippen LogP contribution in [-0.4, -0.2) is 57.9 Å². The molecule has 1 saturated heterocycles. The lowest BCUT2D eigenvalue weighted by Crippen LogP contribution is -2.37. The third kappa shape index (κ3) is 5.44. The van der Waals surface area contributed by atoms with Crippen molar-refractivity contribution in [2.75, 3.05) is 38.3 Å². The summed E-state index contributed by atoms with van der Waals surface area (Å²) in [5, 5.41) is 8.46. The molecule has 3 heterocycles. The molecule has 0 atom stereocenters. The van der Waals surface area contributed by atoms with Crippen molar-refractivity contribution in [3.8, 4) is 28.3 Å². The van der Waals surface area contributed by atoms with Crippen molar-refractivity contribution >= 4 is 11.6 Å². The molecule has 0 amide bonds. The molecule has 8 nitrogen and oxygen atoms in total. The highest BCUT2D eigenvalue weighted by Crippen LogP contribution is 2.31. The molecule has 5 rings (SSSR count). The van der Waals surface area contributed by atoms with Crippen LogP contribution < -0.4 is 15.8 Å². The molecule has 3 N–H and O–H groups in total. The average Bonchev–Trinajstić information content (AvgIpc) is 3.30. The number of likely N-dealkylation sites (tertiary alicyclic amines) is 1. The fourth-order valence-electron chi connectivity index (χ4n) is 4.42. The Morgan fingerprint density at radius 2 is 1.89 bits per heavy atom. The highest BCUT2D eigenvalue weighted by molar-refractivity contribution is 5.80. The van der Waals surface area contributed by atoms with Crippen molar-refractivity contribution in [3.63, 3.8) is 0 Å². The molecule has 8 heteroatoms. The molecular weight excluding hydrogens is 438 g/mol. The summed E-state index contributed by atoms with van der Waals surface area (Å²) in [6.07, 6.45) is 6.02. The van der Waals surface area contributed by atoms with Gasteiger partial charge in [0.05, 0.1) is 19.3 Å². The molecular formula is C27H31N7O. The van der Waals surface area contributed by atoms with Crippen LogP contribution in [0.4, 0.5) is 11.6 Å². The van der Waals surface area contributed by atoms with E-state index in [-0.39, 0.29) is 0 Å². The number of hydrogen-bond acceptors (Lipinski definition) is 7. The SMILES string of the molecule is COc1ccc(Cn2cc(-c3ccnc(NC4CCN(C)CC4)n3)c(-c3cccc(N)c3)n2)cc1. The highest BCUT2D eigenvalue weighted by atomic mass is 16.5. The van der Waals surface area contributed by atoms with Crippen LogP contribution in [0.2, 0.25) is 0 Å². The largest absolute Gasteiger partial charge is 0.497 e. The third-order valence-corrected chi connectivity index (χ3v) is 6.41. The van der Waals surface area contributed by atoms with E-state index >= 15 is 0 Å². The Hall–Kier alpha value is -3.91. The zero-order chi connectivity index (χ0) is 24.2. The Bertz CT molecular complexity index is 1280. The van der Waals surface area contributed by atoms with Crippen LogP contribution >= 0.6 is 0 Å². The van der Waals surface area contributed by atoms with E-state index in [2.05, 4.69) is 34.4 Å². The summed E-state index contributed by atoms with van der Waals surface area (Å²) < 4.78 is 7.23. The van der Waals surface area contributed by atoms with E-state index in [4.69, 9.17) is 20.6 Å². The smallest absolute Gasteiger partial charge is 0.223 e. The van der Waals surface area contributed by atoms with Crippen molar-refractivity contribution in [1.29, 1.82) is 0 Å². The van der Waals surface area contributed by atoms with Gasteiger partial charge in [-0.05, 0) is 68.9 Å². The van der Waals surface area contributed by atoms with Gasteiger partial charge in [-0.25, -0.2) is 9.97 Å². The molecule has 2 aromatic heterocycles. The first-order chi connectivity index (χ1) is 17.1. The molecule has 2 aromatic carbocycles. The second-order valence-electron chi connectivity index (χ2n) is 9.05. The van der Waals surface area contributed by atoms with Gasteiger partial charge in [-0.15, -0.1) is 0 Å². The Balaban J connectivity index is 1.47. The monoisotopic (exact) mass is 469 g/mol. The molecule has 1 aliphatic rings. The van der Waals surface area contributed by atoms with E-state index in [0.29, 0.717) is 24.2 Å². The Labute approximate surface area is 205 Å². The number of nitrogens with zero attached hydrogens (tertiary/aromatic N) is 5. The minimum atomic E-state index is 0.382. The molecule has 180 valence electrons. The van der Waals surface area contributed by atoms with Gasteiger partial charge in [-0.3, -0.25) is 4.68 Å². The van der Waals surface area contributed by atoms with Gasteiger partial charge in [-0.2, -0.15) is 5.10 Å². The molecule has 0 bridgehead atoms. The zero-order valence-electron chi connectivity index (χ0n) is 20.2. The fraction of sp³-hybridized carbons (Fsp3) is 0.296. The minimum absolute atomic E-state index is 0.382. The second-order valence-corrected chi connectivity index (χ2v) is 9.05. The van der Waals surface area contributed by atoms with Gasteiger partial charge in [0.1, 0.15) is 11.4 Å². The maximum Gasteiger partial charge on any atom is 0.223 e. The lowest BCUT2D eigenvalue weighted by molar-refractivity contribution is 0.263. The molecule has 0 saturated carbocycles. The molecule has 0 radical (unpaired) electrons. The quantitative estimate of drug-likeness (QED) is 0.393. The summed E-state index contributed by atoms with van der Waals surface area (Å²) in [4.78, 5) is 11.7.